The number of Topliss-reactive ketones (excluding diaryl/α,β-unsaturated/α-hetero) is 4. The average Bonchev–Trinajstić information content (AvgIpc) is 3.06. The van der Waals surface area contributed by atoms with Gasteiger partial charge in [0.2, 0.25) is 0 Å². The van der Waals surface area contributed by atoms with Crippen LogP contribution in [0.5, 0.6) is 0 Å². The van der Waals surface area contributed by atoms with Crippen LogP contribution in [0.1, 0.15) is 77.6 Å². The molecule has 0 aliphatic carbocycles. The molecule has 0 spiro atoms. The number of hydrogen-bond donors (Lipinski definition) is 4. The van der Waals surface area contributed by atoms with Gasteiger partial charge in [0.15, 0.2) is 31.2 Å². The lowest BCUT2D eigenvalue weighted by Gasteiger charge is -2.35. The molecule has 53 heavy (non-hydrogen) atoms. The summed E-state index contributed by atoms with van der Waals surface area (Å²) in [4.78, 5) is 50.1. The first kappa shape index (κ1) is 39.7. The molecule has 0 aromatic heterocycles. The Morgan fingerprint density at radius 3 is 0.585 bits per heavy atom. The summed E-state index contributed by atoms with van der Waals surface area (Å²) >= 11 is 0. The number of aliphatic hydroxyl groups excluding tert-OH is 4. The van der Waals surface area contributed by atoms with Gasteiger partial charge in [-0.1, -0.05) is 97.1 Å². The molecule has 4 aromatic rings. The second kappa shape index (κ2) is 16.1. The molecule has 9 heteroatoms. The predicted octanol–water partition coefficient (Wildman–Crippen LogP) is 6.58. The molecule has 0 aliphatic rings. The van der Waals surface area contributed by atoms with E-state index >= 15 is 0 Å². The third-order valence-corrected chi connectivity index (χ3v) is 14.1. The van der Waals surface area contributed by atoms with Crippen LogP contribution in [0.3, 0.4) is 0 Å². The number of carbonyl (C=O) groups excluding carboxylic acids is 4. The summed E-state index contributed by atoms with van der Waals surface area (Å²) in [5.41, 5.74) is 2.89. The molecule has 4 N–H and O–H groups in total. The Hall–Kier alpha value is -6.06. The van der Waals surface area contributed by atoms with Gasteiger partial charge in [-0.3, -0.25) is 19.2 Å². The van der Waals surface area contributed by atoms with Crippen molar-refractivity contribution in [2.45, 2.75) is 55.4 Å². The van der Waals surface area contributed by atoms with Gasteiger partial charge >= 0.3 is 0 Å². The van der Waals surface area contributed by atoms with Crippen LogP contribution in [0.2, 0.25) is 0 Å². The molecule has 4 rings (SSSR count). The number of hydrogen-bond acceptors (Lipinski definition) is 8. The molecular formula is C44H44O8Si. The van der Waals surface area contributed by atoms with Gasteiger partial charge in [0.25, 0.3) is 0 Å². The Morgan fingerprint density at radius 1 is 0.321 bits per heavy atom. The maximum absolute atomic E-state index is 12.5. The number of aliphatic hydroxyl groups is 4. The van der Waals surface area contributed by atoms with Gasteiger partial charge in [-0.15, -0.1) is 0 Å². The van der Waals surface area contributed by atoms with E-state index < -0.39 is 8.07 Å². The van der Waals surface area contributed by atoms with E-state index in [1.165, 1.54) is 55.4 Å². The molecule has 0 radical (unpaired) electrons. The van der Waals surface area contributed by atoms with E-state index in [0.29, 0.717) is 22.3 Å². The summed E-state index contributed by atoms with van der Waals surface area (Å²) in [7, 11) is -3.40. The number of ketones is 4. The summed E-state index contributed by atoms with van der Waals surface area (Å²) in [6, 6.07) is 29.6. The summed E-state index contributed by atoms with van der Waals surface area (Å²) in [6.45, 7) is 11.4. The van der Waals surface area contributed by atoms with Gasteiger partial charge in [0.1, 0.15) is 23.0 Å². The second-order valence-electron chi connectivity index (χ2n) is 13.1. The van der Waals surface area contributed by atoms with Crippen molar-refractivity contribution in [3.63, 3.8) is 0 Å². The molecule has 0 amide bonds. The summed E-state index contributed by atoms with van der Waals surface area (Å²) < 4.78 is 0. The molecule has 0 saturated carbocycles. The minimum Gasteiger partial charge on any atom is -0.512 e. The first-order chi connectivity index (χ1) is 24.9. The highest BCUT2D eigenvalue weighted by atomic mass is 28.3. The Morgan fingerprint density at radius 2 is 0.472 bits per heavy atom. The maximum atomic E-state index is 12.5. The highest BCUT2D eigenvalue weighted by Gasteiger charge is 2.42. The molecule has 0 saturated heterocycles. The van der Waals surface area contributed by atoms with Gasteiger partial charge < -0.3 is 20.4 Å². The fraction of sp³-hybridized carbons (Fsp3) is 0.182. The number of rotatable bonds is 12. The zero-order chi connectivity index (χ0) is 39.4. The van der Waals surface area contributed by atoms with E-state index in [1.807, 2.05) is 48.5 Å². The van der Waals surface area contributed by atoms with E-state index in [4.69, 9.17) is 0 Å². The third kappa shape index (κ3) is 7.90. The molecular weight excluding hydrogens is 685 g/mol. The number of benzene rings is 4. The van der Waals surface area contributed by atoms with Crippen molar-refractivity contribution in [3.05, 3.63) is 142 Å². The van der Waals surface area contributed by atoms with E-state index in [-0.39, 0.29) is 68.5 Å². The lowest BCUT2D eigenvalue weighted by molar-refractivity contribution is -0.112. The molecule has 0 aliphatic heterocycles. The topological polar surface area (TPSA) is 149 Å². The SMILES string of the molecule is CC(=O)/C(=C(/C)O)c1ccc([Si](c2ccc(/C(C(C)=O)=C(\C)O)cc2)(c2ccc(/C(C(C)=O)=C(/C)O)cc2)c2ccc(/C(C(C)=O)=C(/C)O)cc2)cc1. The quantitative estimate of drug-likeness (QED) is 0.0554. The fourth-order valence-electron chi connectivity index (χ4n) is 7.22. The molecule has 8 nitrogen and oxygen atoms in total. The van der Waals surface area contributed by atoms with Crippen LogP contribution in [0, 0.1) is 0 Å². The smallest absolute Gasteiger partial charge is 0.179 e. The van der Waals surface area contributed by atoms with E-state index in [2.05, 4.69) is 0 Å². The number of allylic oxidation sites excluding steroid dienone is 8. The van der Waals surface area contributed by atoms with E-state index in [1.54, 1.807) is 48.5 Å². The fourth-order valence-corrected chi connectivity index (χ4v) is 11.9. The zero-order valence-electron chi connectivity index (χ0n) is 31.2. The lowest BCUT2D eigenvalue weighted by Crippen LogP contribution is -2.74. The van der Waals surface area contributed by atoms with Crippen LogP contribution in [-0.4, -0.2) is 51.6 Å². The first-order valence-corrected chi connectivity index (χ1v) is 19.0. The minimum absolute atomic E-state index is 0.106. The molecule has 0 atom stereocenters. The van der Waals surface area contributed by atoms with Gasteiger partial charge in [0.05, 0.1) is 22.3 Å². The van der Waals surface area contributed by atoms with E-state index in [9.17, 15) is 39.6 Å². The number of carbonyl (C=O) groups is 4. The highest BCUT2D eigenvalue weighted by Crippen LogP contribution is 2.24. The standard InChI is InChI=1S/C44H44O8Si/c1-25(45)41(26(2)46)33-9-17-37(18-10-33)53(38-19-11-34(12-20-38)42(27(3)47)28(4)48,39-21-13-35(14-22-39)43(29(5)49)30(6)50)40-23-15-36(16-24-40)44(31(7)51)32(8)52/h9-24,45,47,49,51H,1-8H3/b41-25-,42-27-,43-29+,44-31+. The normalized spacial score (nSPS) is 13.6. The monoisotopic (exact) mass is 728 g/mol. The lowest BCUT2D eigenvalue weighted by atomic mass is 10.0. The molecule has 0 heterocycles. The van der Waals surface area contributed by atoms with Crippen molar-refractivity contribution >= 4 is 74.2 Å². The minimum atomic E-state index is -3.40. The van der Waals surface area contributed by atoms with Crippen molar-refractivity contribution in [2.24, 2.45) is 0 Å². The van der Waals surface area contributed by atoms with Gasteiger partial charge in [0, 0.05) is 0 Å². The Labute approximate surface area is 310 Å². The van der Waals surface area contributed by atoms with Crippen LogP contribution in [-0.2, 0) is 19.2 Å². The zero-order valence-corrected chi connectivity index (χ0v) is 32.2. The van der Waals surface area contributed by atoms with Crippen LogP contribution < -0.4 is 20.7 Å². The second-order valence-corrected chi connectivity index (χ2v) is 16.9. The van der Waals surface area contributed by atoms with E-state index in [0.717, 1.165) is 20.7 Å². The van der Waals surface area contributed by atoms with Crippen molar-refractivity contribution in [1.29, 1.82) is 0 Å². The Kier molecular flexibility index (Phi) is 12.1. The van der Waals surface area contributed by atoms with Gasteiger partial charge in [-0.2, -0.15) is 0 Å². The van der Waals surface area contributed by atoms with Crippen LogP contribution in [0.4, 0.5) is 0 Å². The predicted molar refractivity (Wildman–Crippen MR) is 214 cm³/mol. The van der Waals surface area contributed by atoms with Crippen LogP contribution >= 0.6 is 0 Å². The molecule has 0 unspecified atom stereocenters. The highest BCUT2D eigenvalue weighted by molar-refractivity contribution is 7.19. The van der Waals surface area contributed by atoms with Crippen molar-refractivity contribution in [1.82, 2.24) is 0 Å². The van der Waals surface area contributed by atoms with Crippen molar-refractivity contribution in [2.75, 3.05) is 0 Å². The van der Waals surface area contributed by atoms with Crippen LogP contribution in [0.25, 0.3) is 22.3 Å². The molecule has 272 valence electrons. The third-order valence-electron chi connectivity index (χ3n) is 9.28. The molecule has 0 fully saturated rings. The van der Waals surface area contributed by atoms with Gasteiger partial charge in [-0.25, -0.2) is 0 Å². The summed E-state index contributed by atoms with van der Waals surface area (Å²) in [5.74, 6) is -1.59. The first-order valence-electron chi connectivity index (χ1n) is 17.0. The largest absolute Gasteiger partial charge is 0.512 e. The Bertz CT molecular complexity index is 1880. The van der Waals surface area contributed by atoms with Gasteiger partial charge in [-0.05, 0) is 98.4 Å². The molecule has 0 bridgehead atoms. The summed E-state index contributed by atoms with van der Waals surface area (Å²) in [6.07, 6.45) is 0. The van der Waals surface area contributed by atoms with Crippen molar-refractivity contribution in [3.8, 4) is 0 Å². The van der Waals surface area contributed by atoms with Crippen LogP contribution in [0.15, 0.2) is 120 Å². The molecule has 4 aromatic carbocycles. The average molecular weight is 729 g/mol. The van der Waals surface area contributed by atoms with Crippen molar-refractivity contribution < 1.29 is 39.6 Å². The summed E-state index contributed by atoms with van der Waals surface area (Å²) in [5, 5.41) is 45.0. The Balaban J connectivity index is 2.17. The maximum Gasteiger partial charge on any atom is 0.179 e.